The average Bonchev–Trinajstić information content (AvgIpc) is 2.91. The fraction of sp³-hybridized carbons (Fsp3) is 0.375. The number of nitrogens with zero attached hydrogens (tertiary/aromatic N) is 2. The molecule has 23 heavy (non-hydrogen) atoms. The molecule has 0 aromatic carbocycles. The molecule has 0 radical (unpaired) electrons. The Labute approximate surface area is 133 Å². The highest BCUT2D eigenvalue weighted by Gasteiger charge is 2.28. The number of hydrogen-bond donors (Lipinski definition) is 2. The van der Waals surface area contributed by atoms with Crippen LogP contribution in [-0.4, -0.2) is 34.7 Å². The third-order valence-electron chi connectivity index (χ3n) is 3.79. The van der Waals surface area contributed by atoms with Crippen LogP contribution in [0.1, 0.15) is 45.1 Å². The Morgan fingerprint density at radius 3 is 2.91 bits per heavy atom. The van der Waals surface area contributed by atoms with Crippen LogP contribution < -0.4 is 10.6 Å². The zero-order valence-corrected chi connectivity index (χ0v) is 12.9. The van der Waals surface area contributed by atoms with Gasteiger partial charge in [0.1, 0.15) is 11.6 Å². The summed E-state index contributed by atoms with van der Waals surface area (Å²) < 4.78 is 5.61. The molecule has 2 heterocycles. The van der Waals surface area contributed by atoms with Crippen LogP contribution in [0.25, 0.3) is 0 Å². The Morgan fingerprint density at radius 1 is 1.30 bits per heavy atom. The van der Waals surface area contributed by atoms with Crippen molar-refractivity contribution in [2.75, 3.05) is 18.4 Å². The number of hydrogen-bond acceptors (Lipinski definition) is 6. The fourth-order valence-electron chi connectivity index (χ4n) is 2.70. The molecular weight excluding hydrogens is 296 g/mol. The number of carbonyl (C=O) groups is 2. The molecule has 0 aliphatic heterocycles. The van der Waals surface area contributed by atoms with Gasteiger partial charge in [-0.15, -0.1) is 0 Å². The molecule has 0 saturated heterocycles. The minimum atomic E-state index is -0.300. The van der Waals surface area contributed by atoms with Crippen molar-refractivity contribution in [2.45, 2.75) is 26.2 Å². The molecule has 0 atom stereocenters. The second-order valence-corrected chi connectivity index (χ2v) is 5.40. The van der Waals surface area contributed by atoms with Gasteiger partial charge in [0.15, 0.2) is 11.5 Å². The first-order chi connectivity index (χ1) is 11.2. The van der Waals surface area contributed by atoms with E-state index < -0.39 is 0 Å². The summed E-state index contributed by atoms with van der Waals surface area (Å²) in [5, 5.41) is 5.83. The van der Waals surface area contributed by atoms with Crippen LogP contribution in [0.4, 0.5) is 5.82 Å². The van der Waals surface area contributed by atoms with E-state index in [0.29, 0.717) is 48.6 Å². The molecule has 1 aliphatic rings. The Balaban J connectivity index is 1.58. The predicted molar refractivity (Wildman–Crippen MR) is 83.6 cm³/mol. The molecule has 7 nitrogen and oxygen atoms in total. The number of carbonyl (C=O) groups excluding carboxylic acids is 2. The summed E-state index contributed by atoms with van der Waals surface area (Å²) in [6.07, 6.45) is 6.81. The van der Waals surface area contributed by atoms with E-state index in [1.165, 1.54) is 0 Å². The molecule has 0 saturated carbocycles. The lowest BCUT2D eigenvalue weighted by Gasteiger charge is -2.07. The van der Waals surface area contributed by atoms with Gasteiger partial charge in [-0.05, 0) is 13.3 Å². The number of ketones is 1. The highest BCUT2D eigenvalue weighted by Crippen LogP contribution is 2.29. The van der Waals surface area contributed by atoms with E-state index >= 15 is 0 Å². The van der Waals surface area contributed by atoms with Gasteiger partial charge in [-0.1, -0.05) is 0 Å². The van der Waals surface area contributed by atoms with E-state index in [1.807, 2.05) is 0 Å². The number of anilines is 1. The summed E-state index contributed by atoms with van der Waals surface area (Å²) in [6, 6.07) is 0. The van der Waals surface area contributed by atoms with E-state index in [4.69, 9.17) is 4.42 Å². The standard InChI is InChI=1S/C16H18N4O3/c1-10-14-11(21)3-2-4-12(14)23-15(10)16(22)20-8-7-19-13-9-17-5-6-18-13/h5-6,9H,2-4,7-8H2,1H3,(H,18,19)(H,20,22). The van der Waals surface area contributed by atoms with Crippen LogP contribution in [0.5, 0.6) is 0 Å². The smallest absolute Gasteiger partial charge is 0.287 e. The topological polar surface area (TPSA) is 97.1 Å². The van der Waals surface area contributed by atoms with E-state index in [2.05, 4.69) is 20.6 Å². The van der Waals surface area contributed by atoms with Crippen molar-refractivity contribution in [2.24, 2.45) is 0 Å². The summed E-state index contributed by atoms with van der Waals surface area (Å²) in [5.74, 6) is 1.30. The summed E-state index contributed by atoms with van der Waals surface area (Å²) in [5.41, 5.74) is 1.24. The first-order valence-electron chi connectivity index (χ1n) is 7.60. The molecule has 1 amide bonds. The van der Waals surface area contributed by atoms with E-state index in [9.17, 15) is 9.59 Å². The summed E-state index contributed by atoms with van der Waals surface area (Å²) in [6.45, 7) is 2.69. The minimum absolute atomic E-state index is 0.0656. The van der Waals surface area contributed by atoms with Crippen LogP contribution in [0.2, 0.25) is 0 Å². The van der Waals surface area contributed by atoms with Gasteiger partial charge in [0.05, 0.1) is 11.8 Å². The third-order valence-corrected chi connectivity index (χ3v) is 3.79. The molecule has 0 unspecified atom stereocenters. The van der Waals surface area contributed by atoms with Crippen LogP contribution >= 0.6 is 0 Å². The zero-order valence-electron chi connectivity index (χ0n) is 12.9. The Morgan fingerprint density at radius 2 is 2.17 bits per heavy atom. The van der Waals surface area contributed by atoms with Gasteiger partial charge >= 0.3 is 0 Å². The van der Waals surface area contributed by atoms with Crippen molar-refractivity contribution in [1.29, 1.82) is 0 Å². The Kier molecular flexibility index (Phi) is 4.36. The van der Waals surface area contributed by atoms with Crippen molar-refractivity contribution in [3.05, 3.63) is 41.2 Å². The maximum atomic E-state index is 12.2. The van der Waals surface area contributed by atoms with E-state index in [1.54, 1.807) is 25.5 Å². The fourth-order valence-corrected chi connectivity index (χ4v) is 2.70. The minimum Gasteiger partial charge on any atom is -0.455 e. The van der Waals surface area contributed by atoms with Gasteiger partial charge in [-0.3, -0.25) is 14.6 Å². The number of rotatable bonds is 5. The van der Waals surface area contributed by atoms with Gasteiger partial charge in [0, 0.05) is 43.9 Å². The number of aryl methyl sites for hydroxylation is 1. The molecule has 0 fully saturated rings. The maximum Gasteiger partial charge on any atom is 0.287 e. The predicted octanol–water partition coefficient (Wildman–Crippen LogP) is 1.74. The van der Waals surface area contributed by atoms with Crippen LogP contribution in [0.15, 0.2) is 23.0 Å². The van der Waals surface area contributed by atoms with Crippen molar-refractivity contribution in [1.82, 2.24) is 15.3 Å². The van der Waals surface area contributed by atoms with Crippen LogP contribution in [0.3, 0.4) is 0 Å². The molecule has 2 aromatic heterocycles. The Hall–Kier alpha value is -2.70. The average molecular weight is 314 g/mol. The second kappa shape index (κ2) is 6.60. The van der Waals surface area contributed by atoms with Crippen molar-refractivity contribution < 1.29 is 14.0 Å². The van der Waals surface area contributed by atoms with Gasteiger partial charge in [-0.25, -0.2) is 4.98 Å². The van der Waals surface area contributed by atoms with Crippen molar-refractivity contribution in [3.63, 3.8) is 0 Å². The summed E-state index contributed by atoms with van der Waals surface area (Å²) >= 11 is 0. The highest BCUT2D eigenvalue weighted by atomic mass is 16.4. The number of Topliss-reactive ketones (excluding diaryl/α,β-unsaturated/α-hetero) is 1. The highest BCUT2D eigenvalue weighted by molar-refractivity contribution is 6.03. The van der Waals surface area contributed by atoms with Gasteiger partial charge < -0.3 is 15.1 Å². The molecule has 0 spiro atoms. The Bertz CT molecular complexity index is 724. The first-order valence-corrected chi connectivity index (χ1v) is 7.60. The van der Waals surface area contributed by atoms with Gasteiger partial charge in [0.25, 0.3) is 5.91 Å². The molecule has 1 aliphatic carbocycles. The van der Waals surface area contributed by atoms with Gasteiger partial charge in [-0.2, -0.15) is 0 Å². The molecular formula is C16H18N4O3. The molecule has 2 aromatic rings. The molecule has 7 heteroatoms. The molecule has 2 N–H and O–H groups in total. The summed E-state index contributed by atoms with van der Waals surface area (Å²) in [7, 11) is 0. The van der Waals surface area contributed by atoms with E-state index in [-0.39, 0.29) is 17.5 Å². The maximum absolute atomic E-state index is 12.2. The molecule has 0 bridgehead atoms. The lowest BCUT2D eigenvalue weighted by atomic mass is 9.94. The van der Waals surface area contributed by atoms with Crippen LogP contribution in [0, 0.1) is 6.92 Å². The second-order valence-electron chi connectivity index (χ2n) is 5.40. The number of nitrogens with one attached hydrogen (secondary N) is 2. The van der Waals surface area contributed by atoms with Gasteiger partial charge in [0.2, 0.25) is 0 Å². The molecule has 120 valence electrons. The monoisotopic (exact) mass is 314 g/mol. The number of amides is 1. The number of fused-ring (bicyclic) bond motifs is 1. The normalized spacial score (nSPS) is 13.5. The lowest BCUT2D eigenvalue weighted by Crippen LogP contribution is -2.29. The van der Waals surface area contributed by atoms with Crippen LogP contribution in [-0.2, 0) is 6.42 Å². The van der Waals surface area contributed by atoms with Crippen molar-refractivity contribution >= 4 is 17.5 Å². The first kappa shape index (κ1) is 15.2. The number of furan rings is 1. The van der Waals surface area contributed by atoms with E-state index in [0.717, 1.165) is 6.42 Å². The quantitative estimate of drug-likeness (QED) is 0.816. The SMILES string of the molecule is Cc1c(C(=O)NCCNc2cnccn2)oc2c1C(=O)CCC2. The summed E-state index contributed by atoms with van der Waals surface area (Å²) in [4.78, 5) is 32.2. The van der Waals surface area contributed by atoms with Crippen molar-refractivity contribution in [3.8, 4) is 0 Å². The third kappa shape index (κ3) is 3.23. The molecule has 3 rings (SSSR count). The number of aromatic nitrogens is 2. The lowest BCUT2D eigenvalue weighted by molar-refractivity contribution is 0.0921. The largest absolute Gasteiger partial charge is 0.455 e. The zero-order chi connectivity index (χ0) is 16.2.